The molecule has 1 fully saturated rings. The summed E-state index contributed by atoms with van der Waals surface area (Å²) in [6.07, 6.45) is 0.380. The number of carbonyl (C=O) groups excluding carboxylic acids is 1. The van der Waals surface area contributed by atoms with Gasteiger partial charge >= 0.3 is 0 Å². The quantitative estimate of drug-likeness (QED) is 0.637. The largest absolute Gasteiger partial charge is 0.497 e. The van der Waals surface area contributed by atoms with Gasteiger partial charge in [-0.15, -0.1) is 0 Å². The molecule has 1 aliphatic rings. The molecule has 29 heavy (non-hydrogen) atoms. The number of rotatable bonds is 6. The van der Waals surface area contributed by atoms with Crippen molar-refractivity contribution in [3.8, 4) is 23.0 Å². The lowest BCUT2D eigenvalue weighted by atomic mass is 10.1. The van der Waals surface area contributed by atoms with E-state index >= 15 is 0 Å². The number of nitrogens with zero attached hydrogens (tertiary/aromatic N) is 3. The van der Waals surface area contributed by atoms with Gasteiger partial charge < -0.3 is 18.9 Å². The van der Waals surface area contributed by atoms with Crippen molar-refractivity contribution < 1.29 is 18.8 Å². The maximum absolute atomic E-state index is 12.5. The van der Waals surface area contributed by atoms with E-state index in [0.717, 1.165) is 5.56 Å². The lowest BCUT2D eigenvalue weighted by Crippen LogP contribution is -2.24. The number of amides is 1. The molecule has 0 N–H and O–H groups in total. The number of likely N-dealkylation sites (tertiary alicyclic amines) is 1. The normalized spacial score (nSPS) is 16.3. The zero-order chi connectivity index (χ0) is 20.4. The van der Waals surface area contributed by atoms with Crippen molar-refractivity contribution in [3.05, 3.63) is 59.4 Å². The second-order valence-electron chi connectivity index (χ2n) is 7.19. The van der Waals surface area contributed by atoms with E-state index in [1.165, 1.54) is 5.56 Å². The molecule has 0 radical (unpaired) electrons. The third-order valence-electron chi connectivity index (χ3n) is 5.12. The van der Waals surface area contributed by atoms with Crippen molar-refractivity contribution in [3.63, 3.8) is 0 Å². The van der Waals surface area contributed by atoms with Crippen LogP contribution >= 0.6 is 0 Å². The third kappa shape index (κ3) is 3.94. The molecular weight excluding hydrogens is 370 g/mol. The molecule has 1 saturated heterocycles. The van der Waals surface area contributed by atoms with Crippen molar-refractivity contribution >= 4 is 5.91 Å². The Morgan fingerprint density at radius 1 is 1.17 bits per heavy atom. The van der Waals surface area contributed by atoms with E-state index in [9.17, 15) is 4.79 Å². The molecule has 7 nitrogen and oxygen atoms in total. The summed E-state index contributed by atoms with van der Waals surface area (Å²) in [4.78, 5) is 18.9. The lowest BCUT2D eigenvalue weighted by Gasteiger charge is -2.16. The highest BCUT2D eigenvalue weighted by atomic mass is 16.5. The lowest BCUT2D eigenvalue weighted by molar-refractivity contribution is -0.128. The van der Waals surface area contributed by atoms with Crippen LogP contribution in [0.2, 0.25) is 0 Å². The molecular formula is C22H23N3O4. The SMILES string of the molecule is COc1ccc(-c2nc(C3CC(=O)N(Cc4cccc(C)c4)C3)no2)c(OC)c1. The predicted molar refractivity (Wildman–Crippen MR) is 107 cm³/mol. The van der Waals surface area contributed by atoms with E-state index < -0.39 is 0 Å². The van der Waals surface area contributed by atoms with Crippen LogP contribution in [-0.4, -0.2) is 41.7 Å². The summed E-state index contributed by atoms with van der Waals surface area (Å²) in [7, 11) is 3.17. The molecule has 2 heterocycles. The van der Waals surface area contributed by atoms with E-state index in [1.54, 1.807) is 20.3 Å². The minimum absolute atomic E-state index is 0.0888. The molecule has 1 aliphatic heterocycles. The molecule has 1 unspecified atom stereocenters. The highest BCUT2D eigenvalue weighted by Gasteiger charge is 2.34. The molecule has 0 spiro atoms. The van der Waals surface area contributed by atoms with Gasteiger partial charge in [-0.05, 0) is 24.6 Å². The smallest absolute Gasteiger partial charge is 0.261 e. The first-order valence-electron chi connectivity index (χ1n) is 9.46. The molecule has 1 atom stereocenters. The average Bonchev–Trinajstić information content (AvgIpc) is 3.35. The maximum atomic E-state index is 12.5. The molecule has 1 aromatic heterocycles. The van der Waals surface area contributed by atoms with Gasteiger partial charge in [0.05, 0.1) is 19.8 Å². The van der Waals surface area contributed by atoms with Gasteiger partial charge in [0.25, 0.3) is 5.89 Å². The van der Waals surface area contributed by atoms with Gasteiger partial charge in [0.1, 0.15) is 11.5 Å². The van der Waals surface area contributed by atoms with Crippen molar-refractivity contribution in [1.82, 2.24) is 15.0 Å². The Morgan fingerprint density at radius 2 is 2.03 bits per heavy atom. The summed E-state index contributed by atoms with van der Waals surface area (Å²) in [5.74, 6) is 2.18. The monoisotopic (exact) mass is 393 g/mol. The standard InChI is InChI=1S/C22H23N3O4/c1-14-5-4-6-15(9-14)12-25-13-16(10-20(25)26)21-23-22(29-24-21)18-8-7-17(27-2)11-19(18)28-3/h4-9,11,16H,10,12-13H2,1-3H3. The fraction of sp³-hybridized carbons (Fsp3) is 0.318. The van der Waals surface area contributed by atoms with E-state index in [-0.39, 0.29) is 11.8 Å². The Labute approximate surface area is 169 Å². The summed E-state index contributed by atoms with van der Waals surface area (Å²) < 4.78 is 16.1. The zero-order valence-electron chi connectivity index (χ0n) is 16.7. The second kappa shape index (κ2) is 7.95. The summed E-state index contributed by atoms with van der Waals surface area (Å²) in [5.41, 5.74) is 2.99. The summed E-state index contributed by atoms with van der Waals surface area (Å²) >= 11 is 0. The maximum Gasteiger partial charge on any atom is 0.261 e. The van der Waals surface area contributed by atoms with E-state index in [4.69, 9.17) is 14.0 Å². The van der Waals surface area contributed by atoms with Crippen LogP contribution in [0.4, 0.5) is 0 Å². The van der Waals surface area contributed by atoms with Crippen molar-refractivity contribution in [1.29, 1.82) is 0 Å². The summed E-state index contributed by atoms with van der Waals surface area (Å²) in [6, 6.07) is 13.6. The number of hydrogen-bond donors (Lipinski definition) is 0. The van der Waals surface area contributed by atoms with Crippen LogP contribution in [0.3, 0.4) is 0 Å². The second-order valence-corrected chi connectivity index (χ2v) is 7.19. The zero-order valence-corrected chi connectivity index (χ0v) is 16.7. The number of aromatic nitrogens is 2. The van der Waals surface area contributed by atoms with Gasteiger partial charge in [0.15, 0.2) is 5.82 Å². The molecule has 4 rings (SSSR count). The molecule has 150 valence electrons. The van der Waals surface area contributed by atoms with Gasteiger partial charge in [-0.3, -0.25) is 4.79 Å². The minimum Gasteiger partial charge on any atom is -0.497 e. The van der Waals surface area contributed by atoms with Gasteiger partial charge in [0.2, 0.25) is 5.91 Å². The highest BCUT2D eigenvalue weighted by molar-refractivity contribution is 5.79. The Hall–Kier alpha value is -3.35. The molecule has 7 heteroatoms. The Kier molecular flexibility index (Phi) is 5.20. The molecule has 2 aromatic carbocycles. The van der Waals surface area contributed by atoms with Crippen LogP contribution < -0.4 is 9.47 Å². The number of aryl methyl sites for hydroxylation is 1. The van der Waals surface area contributed by atoms with Crippen LogP contribution in [0.1, 0.15) is 29.3 Å². The van der Waals surface area contributed by atoms with Crippen LogP contribution in [0, 0.1) is 6.92 Å². The molecule has 1 amide bonds. The molecule has 0 aliphatic carbocycles. The highest BCUT2D eigenvalue weighted by Crippen LogP contribution is 2.34. The van der Waals surface area contributed by atoms with Crippen molar-refractivity contribution in [2.75, 3.05) is 20.8 Å². The van der Waals surface area contributed by atoms with Crippen LogP contribution in [0.15, 0.2) is 47.0 Å². The van der Waals surface area contributed by atoms with E-state index in [1.807, 2.05) is 42.2 Å². The molecule has 0 bridgehead atoms. The van der Waals surface area contributed by atoms with E-state index in [2.05, 4.69) is 16.2 Å². The van der Waals surface area contributed by atoms with Crippen LogP contribution in [0.25, 0.3) is 11.5 Å². The van der Waals surface area contributed by atoms with E-state index in [0.29, 0.717) is 48.3 Å². The topological polar surface area (TPSA) is 77.7 Å². The van der Waals surface area contributed by atoms with Crippen molar-refractivity contribution in [2.45, 2.75) is 25.8 Å². The first kappa shape index (κ1) is 19.0. The Bertz CT molecular complexity index is 1030. The summed E-state index contributed by atoms with van der Waals surface area (Å²) in [5, 5.41) is 4.13. The number of hydrogen-bond acceptors (Lipinski definition) is 6. The number of carbonyl (C=O) groups is 1. The fourth-order valence-electron chi connectivity index (χ4n) is 3.61. The molecule has 3 aromatic rings. The Morgan fingerprint density at radius 3 is 2.79 bits per heavy atom. The van der Waals surface area contributed by atoms with Gasteiger partial charge in [-0.2, -0.15) is 4.98 Å². The van der Waals surface area contributed by atoms with Gasteiger partial charge in [-0.1, -0.05) is 35.0 Å². The first-order chi connectivity index (χ1) is 14.1. The van der Waals surface area contributed by atoms with Crippen LogP contribution in [-0.2, 0) is 11.3 Å². The predicted octanol–water partition coefficient (Wildman–Crippen LogP) is 3.58. The van der Waals surface area contributed by atoms with Crippen LogP contribution in [0.5, 0.6) is 11.5 Å². The fourth-order valence-corrected chi connectivity index (χ4v) is 3.61. The number of benzene rings is 2. The number of ether oxygens (including phenoxy) is 2. The summed E-state index contributed by atoms with van der Waals surface area (Å²) in [6.45, 7) is 3.21. The average molecular weight is 393 g/mol. The minimum atomic E-state index is -0.0888. The van der Waals surface area contributed by atoms with Gasteiger partial charge in [-0.25, -0.2) is 0 Å². The first-order valence-corrected chi connectivity index (χ1v) is 9.46. The van der Waals surface area contributed by atoms with Crippen molar-refractivity contribution in [2.24, 2.45) is 0 Å². The Balaban J connectivity index is 1.51. The number of methoxy groups -OCH3 is 2. The third-order valence-corrected chi connectivity index (χ3v) is 5.12. The van der Waals surface area contributed by atoms with Gasteiger partial charge in [0, 0.05) is 31.5 Å². The molecule has 0 saturated carbocycles.